The third-order valence-electron chi connectivity index (χ3n) is 4.38. The summed E-state index contributed by atoms with van der Waals surface area (Å²) in [7, 11) is -3.65. The van der Waals surface area contributed by atoms with Gasteiger partial charge in [-0.05, 0) is 44.9 Å². The lowest BCUT2D eigenvalue weighted by molar-refractivity contribution is -0.0440. The van der Waals surface area contributed by atoms with Crippen LogP contribution in [-0.2, 0) is 14.8 Å². The summed E-state index contributed by atoms with van der Waals surface area (Å²) in [5.41, 5.74) is 0.419. The Morgan fingerprint density at radius 3 is 2.27 bits per heavy atom. The second kappa shape index (κ2) is 8.97. The highest BCUT2D eigenvalue weighted by Gasteiger charge is 2.32. The fourth-order valence-electron chi connectivity index (χ4n) is 3.30. The smallest absolute Gasteiger partial charge is 0.253 e. The van der Waals surface area contributed by atoms with Crippen LogP contribution in [0.2, 0.25) is 0 Å². The predicted molar refractivity (Wildman–Crippen MR) is 102 cm³/mol. The first-order chi connectivity index (χ1) is 12.3. The number of benzene rings is 1. The first kappa shape index (κ1) is 20.9. The summed E-state index contributed by atoms with van der Waals surface area (Å²) in [6.45, 7) is 9.77. The lowest BCUT2D eigenvalue weighted by atomic mass is 10.2. The maximum absolute atomic E-state index is 13.0. The van der Waals surface area contributed by atoms with Crippen molar-refractivity contribution in [2.45, 2.75) is 57.6 Å². The summed E-state index contributed by atoms with van der Waals surface area (Å²) in [6, 6.07) is 6.38. The number of carbonyl (C=O) groups excluding carboxylic acids is 1. The Bertz CT molecular complexity index is 704. The molecule has 0 spiro atoms. The SMILES string of the molecule is CCCN(CCC)C(=O)c1cccc(S(=O)(=O)N2CC(C)OC(C)C2)c1. The fraction of sp³-hybridized carbons (Fsp3) is 0.632. The molecule has 0 bridgehead atoms. The Morgan fingerprint density at radius 2 is 1.73 bits per heavy atom. The molecule has 1 fully saturated rings. The molecule has 6 nitrogen and oxygen atoms in total. The monoisotopic (exact) mass is 382 g/mol. The number of carbonyl (C=O) groups is 1. The van der Waals surface area contributed by atoms with E-state index in [0.29, 0.717) is 31.7 Å². The number of morpholine rings is 1. The van der Waals surface area contributed by atoms with Gasteiger partial charge in [-0.15, -0.1) is 0 Å². The van der Waals surface area contributed by atoms with Gasteiger partial charge in [-0.25, -0.2) is 8.42 Å². The third kappa shape index (κ3) is 4.84. The van der Waals surface area contributed by atoms with Gasteiger partial charge in [-0.2, -0.15) is 4.31 Å². The normalized spacial score (nSPS) is 21.5. The molecule has 0 radical (unpaired) electrons. The zero-order valence-corrected chi connectivity index (χ0v) is 17.0. The topological polar surface area (TPSA) is 66.9 Å². The van der Waals surface area contributed by atoms with Crippen molar-refractivity contribution < 1.29 is 17.9 Å². The number of rotatable bonds is 7. The second-order valence-corrected chi connectivity index (χ2v) is 8.84. The molecular formula is C19H30N2O4S. The molecule has 1 aliphatic rings. The molecule has 1 aromatic rings. The van der Waals surface area contributed by atoms with E-state index in [4.69, 9.17) is 4.74 Å². The van der Waals surface area contributed by atoms with Crippen LogP contribution < -0.4 is 0 Å². The molecule has 0 N–H and O–H groups in total. The summed E-state index contributed by atoms with van der Waals surface area (Å²) in [6.07, 6.45) is 1.44. The molecule has 0 aliphatic carbocycles. The zero-order chi connectivity index (χ0) is 19.3. The number of nitrogens with zero attached hydrogens (tertiary/aromatic N) is 2. The molecule has 2 rings (SSSR count). The van der Waals surface area contributed by atoms with Crippen molar-refractivity contribution in [3.8, 4) is 0 Å². The lowest BCUT2D eigenvalue weighted by Gasteiger charge is -2.34. The standard InChI is InChI=1S/C19H30N2O4S/c1-5-10-20(11-6-2)19(22)17-8-7-9-18(12-17)26(23,24)21-13-15(3)25-16(4)14-21/h7-9,12,15-16H,5-6,10-11,13-14H2,1-4H3. The summed E-state index contributed by atoms with van der Waals surface area (Å²) >= 11 is 0. The fourth-order valence-corrected chi connectivity index (χ4v) is 4.94. The van der Waals surface area contributed by atoms with E-state index in [-0.39, 0.29) is 23.0 Å². The quantitative estimate of drug-likeness (QED) is 0.727. The average Bonchev–Trinajstić information content (AvgIpc) is 2.60. The maximum atomic E-state index is 13.0. The number of sulfonamides is 1. The van der Waals surface area contributed by atoms with Gasteiger partial charge in [-0.1, -0.05) is 19.9 Å². The van der Waals surface area contributed by atoms with Gasteiger partial charge in [0, 0.05) is 31.7 Å². The van der Waals surface area contributed by atoms with Crippen LogP contribution in [0.3, 0.4) is 0 Å². The van der Waals surface area contributed by atoms with Crippen LogP contribution >= 0.6 is 0 Å². The van der Waals surface area contributed by atoms with Gasteiger partial charge >= 0.3 is 0 Å². The van der Waals surface area contributed by atoms with E-state index in [2.05, 4.69) is 0 Å². The van der Waals surface area contributed by atoms with Crippen molar-refractivity contribution in [3.63, 3.8) is 0 Å². The summed E-state index contributed by atoms with van der Waals surface area (Å²) in [5, 5.41) is 0. The minimum absolute atomic E-state index is 0.116. The van der Waals surface area contributed by atoms with E-state index in [0.717, 1.165) is 12.8 Å². The van der Waals surface area contributed by atoms with Crippen molar-refractivity contribution in [2.75, 3.05) is 26.2 Å². The Hall–Kier alpha value is -1.44. The van der Waals surface area contributed by atoms with Gasteiger partial charge in [0.25, 0.3) is 5.91 Å². The Balaban J connectivity index is 2.28. The molecule has 1 heterocycles. The van der Waals surface area contributed by atoms with Gasteiger partial charge in [0.15, 0.2) is 0 Å². The molecule has 2 atom stereocenters. The number of hydrogen-bond acceptors (Lipinski definition) is 4. The van der Waals surface area contributed by atoms with Crippen LogP contribution in [0.4, 0.5) is 0 Å². The minimum atomic E-state index is -3.65. The van der Waals surface area contributed by atoms with Crippen LogP contribution in [0.15, 0.2) is 29.2 Å². The summed E-state index contributed by atoms with van der Waals surface area (Å²) < 4.78 is 33.1. The zero-order valence-electron chi connectivity index (χ0n) is 16.1. The number of amides is 1. The van der Waals surface area contributed by atoms with Crippen LogP contribution in [0.5, 0.6) is 0 Å². The molecule has 1 amide bonds. The molecule has 2 unspecified atom stereocenters. The van der Waals surface area contributed by atoms with Gasteiger partial charge in [-0.3, -0.25) is 4.79 Å². The minimum Gasteiger partial charge on any atom is -0.373 e. The van der Waals surface area contributed by atoms with Crippen molar-refractivity contribution >= 4 is 15.9 Å². The molecule has 0 saturated carbocycles. The third-order valence-corrected chi connectivity index (χ3v) is 6.21. The van der Waals surface area contributed by atoms with E-state index in [1.54, 1.807) is 23.1 Å². The Morgan fingerprint density at radius 1 is 1.15 bits per heavy atom. The van der Waals surface area contributed by atoms with Crippen molar-refractivity contribution in [1.82, 2.24) is 9.21 Å². The van der Waals surface area contributed by atoms with E-state index in [9.17, 15) is 13.2 Å². The molecule has 0 aromatic heterocycles. The molecule has 146 valence electrons. The molecule has 1 saturated heterocycles. The molecule has 1 aromatic carbocycles. The highest BCUT2D eigenvalue weighted by Crippen LogP contribution is 2.22. The first-order valence-electron chi connectivity index (χ1n) is 9.34. The molecule has 26 heavy (non-hydrogen) atoms. The molecule has 7 heteroatoms. The van der Waals surface area contributed by atoms with Gasteiger partial charge < -0.3 is 9.64 Å². The Labute approximate surface area is 157 Å². The van der Waals surface area contributed by atoms with Gasteiger partial charge in [0.05, 0.1) is 17.1 Å². The van der Waals surface area contributed by atoms with E-state index >= 15 is 0 Å². The van der Waals surface area contributed by atoms with Crippen molar-refractivity contribution in [2.24, 2.45) is 0 Å². The molecular weight excluding hydrogens is 352 g/mol. The van der Waals surface area contributed by atoms with Crippen LogP contribution in [0, 0.1) is 0 Å². The Kier molecular flexibility index (Phi) is 7.20. The van der Waals surface area contributed by atoms with Gasteiger partial charge in [0.2, 0.25) is 10.0 Å². The highest BCUT2D eigenvalue weighted by atomic mass is 32.2. The van der Waals surface area contributed by atoms with Crippen LogP contribution in [0.25, 0.3) is 0 Å². The highest BCUT2D eigenvalue weighted by molar-refractivity contribution is 7.89. The number of ether oxygens (including phenoxy) is 1. The number of hydrogen-bond donors (Lipinski definition) is 0. The van der Waals surface area contributed by atoms with Crippen molar-refractivity contribution in [3.05, 3.63) is 29.8 Å². The van der Waals surface area contributed by atoms with Crippen molar-refractivity contribution in [1.29, 1.82) is 0 Å². The van der Waals surface area contributed by atoms with E-state index in [1.807, 2.05) is 27.7 Å². The molecule has 1 aliphatic heterocycles. The van der Waals surface area contributed by atoms with Gasteiger partial charge in [0.1, 0.15) is 0 Å². The summed E-state index contributed by atoms with van der Waals surface area (Å²) in [4.78, 5) is 14.7. The van der Waals surface area contributed by atoms with Crippen LogP contribution in [-0.4, -0.2) is 61.9 Å². The van der Waals surface area contributed by atoms with Crippen LogP contribution in [0.1, 0.15) is 50.9 Å². The predicted octanol–water partition coefficient (Wildman–Crippen LogP) is 2.75. The largest absolute Gasteiger partial charge is 0.373 e. The average molecular weight is 383 g/mol. The first-order valence-corrected chi connectivity index (χ1v) is 10.8. The maximum Gasteiger partial charge on any atom is 0.253 e. The van der Waals surface area contributed by atoms with E-state index < -0.39 is 10.0 Å². The second-order valence-electron chi connectivity index (χ2n) is 6.90. The summed E-state index contributed by atoms with van der Waals surface area (Å²) in [5.74, 6) is -0.116. The van der Waals surface area contributed by atoms with E-state index in [1.165, 1.54) is 10.4 Å². The lowest BCUT2D eigenvalue weighted by Crippen LogP contribution is -2.48.